The van der Waals surface area contributed by atoms with Gasteiger partial charge in [-0.05, 0) is 53.2 Å². The van der Waals surface area contributed by atoms with E-state index in [1.807, 2.05) is 0 Å². The number of hydrogen-bond donors (Lipinski definition) is 1. The number of rotatable bonds is 2. The van der Waals surface area contributed by atoms with Gasteiger partial charge in [-0.15, -0.1) is 23.7 Å². The number of halogens is 2. The topological polar surface area (TPSA) is 26.0 Å². The van der Waals surface area contributed by atoms with E-state index in [4.69, 9.17) is 5.73 Å². The molecule has 1 heterocycles. The smallest absolute Gasteiger partial charge is 0.0731 e. The second kappa shape index (κ2) is 5.67. The molecule has 1 atom stereocenters. The first-order chi connectivity index (χ1) is 6.68. The Morgan fingerprint density at radius 3 is 2.53 bits per heavy atom. The molecule has 1 nitrogen and oxygen atoms in total. The zero-order chi connectivity index (χ0) is 10.1. The maximum Gasteiger partial charge on any atom is 0.0731 e. The summed E-state index contributed by atoms with van der Waals surface area (Å²) in [5.74, 6) is 0.722. The maximum atomic E-state index is 6.27. The molecule has 0 spiro atoms. The summed E-state index contributed by atoms with van der Waals surface area (Å²) in [4.78, 5) is 1.35. The van der Waals surface area contributed by atoms with Crippen LogP contribution in [0, 0.1) is 12.8 Å². The Morgan fingerprint density at radius 2 is 2.07 bits per heavy atom. The molecule has 1 aliphatic carbocycles. The molecule has 2 rings (SSSR count). The van der Waals surface area contributed by atoms with Crippen LogP contribution in [0.1, 0.15) is 42.2 Å². The Bertz CT molecular complexity index is 301. The van der Waals surface area contributed by atoms with Gasteiger partial charge in [0.05, 0.1) is 3.79 Å². The van der Waals surface area contributed by atoms with Crippen LogP contribution < -0.4 is 5.73 Å². The first-order valence-electron chi connectivity index (χ1n) is 5.20. The lowest BCUT2D eigenvalue weighted by Crippen LogP contribution is -2.17. The second-order valence-electron chi connectivity index (χ2n) is 4.18. The van der Waals surface area contributed by atoms with Gasteiger partial charge in [0, 0.05) is 10.9 Å². The minimum absolute atomic E-state index is 0. The van der Waals surface area contributed by atoms with E-state index in [0.29, 0.717) is 0 Å². The van der Waals surface area contributed by atoms with E-state index >= 15 is 0 Å². The lowest BCUT2D eigenvalue weighted by Gasteiger charge is -2.16. The molecule has 0 unspecified atom stereocenters. The Labute approximate surface area is 110 Å². The van der Waals surface area contributed by atoms with Gasteiger partial charge in [-0.2, -0.15) is 0 Å². The molecule has 0 amide bonds. The van der Waals surface area contributed by atoms with E-state index in [9.17, 15) is 0 Å². The molecule has 0 aliphatic heterocycles. The van der Waals surface area contributed by atoms with Crippen molar-refractivity contribution in [2.24, 2.45) is 11.7 Å². The van der Waals surface area contributed by atoms with E-state index in [1.54, 1.807) is 11.3 Å². The third kappa shape index (κ3) is 2.96. The maximum absolute atomic E-state index is 6.27. The summed E-state index contributed by atoms with van der Waals surface area (Å²) in [5.41, 5.74) is 7.59. The molecule has 1 fully saturated rings. The van der Waals surface area contributed by atoms with Crippen molar-refractivity contribution in [3.8, 4) is 0 Å². The highest BCUT2D eigenvalue weighted by Crippen LogP contribution is 2.39. The highest BCUT2D eigenvalue weighted by Gasteiger charge is 2.24. The van der Waals surface area contributed by atoms with Crippen LogP contribution in [-0.2, 0) is 0 Å². The molecule has 1 aliphatic rings. The fraction of sp³-hybridized carbons (Fsp3) is 0.636. The van der Waals surface area contributed by atoms with E-state index in [-0.39, 0.29) is 18.4 Å². The molecule has 86 valence electrons. The summed E-state index contributed by atoms with van der Waals surface area (Å²) in [6.45, 7) is 2.13. The van der Waals surface area contributed by atoms with Gasteiger partial charge < -0.3 is 5.73 Å². The Morgan fingerprint density at radius 1 is 1.47 bits per heavy atom. The summed E-state index contributed by atoms with van der Waals surface area (Å²) in [7, 11) is 0. The number of nitrogens with two attached hydrogens (primary N) is 1. The highest BCUT2D eigenvalue weighted by atomic mass is 79.9. The van der Waals surface area contributed by atoms with Gasteiger partial charge >= 0.3 is 0 Å². The Balaban J connectivity index is 0.00000112. The van der Waals surface area contributed by atoms with Crippen LogP contribution >= 0.6 is 39.7 Å². The van der Waals surface area contributed by atoms with E-state index in [0.717, 1.165) is 5.92 Å². The van der Waals surface area contributed by atoms with Gasteiger partial charge in [-0.3, -0.25) is 0 Å². The lowest BCUT2D eigenvalue weighted by atomic mass is 9.97. The molecule has 2 N–H and O–H groups in total. The zero-order valence-electron chi connectivity index (χ0n) is 8.83. The normalized spacial score (nSPS) is 18.9. The average molecular weight is 311 g/mol. The molecule has 15 heavy (non-hydrogen) atoms. The number of aryl methyl sites for hydroxylation is 1. The fourth-order valence-electron chi connectivity index (χ4n) is 2.20. The molecule has 1 aromatic heterocycles. The monoisotopic (exact) mass is 309 g/mol. The van der Waals surface area contributed by atoms with Gasteiger partial charge in [-0.1, -0.05) is 12.8 Å². The molecule has 1 saturated carbocycles. The van der Waals surface area contributed by atoms with Crippen molar-refractivity contribution in [3.63, 3.8) is 0 Å². The second-order valence-corrected chi connectivity index (χ2v) is 6.58. The minimum atomic E-state index is 0. The van der Waals surface area contributed by atoms with Gasteiger partial charge in [0.1, 0.15) is 0 Å². The van der Waals surface area contributed by atoms with Crippen LogP contribution in [0.15, 0.2) is 9.85 Å². The predicted molar refractivity (Wildman–Crippen MR) is 72.9 cm³/mol. The third-order valence-corrected chi connectivity index (χ3v) is 5.35. The average Bonchev–Trinajstić information content (AvgIpc) is 2.76. The fourth-order valence-corrected chi connectivity index (χ4v) is 3.86. The summed E-state index contributed by atoms with van der Waals surface area (Å²) < 4.78 is 1.24. The Hall–Kier alpha value is 0.430. The summed E-state index contributed by atoms with van der Waals surface area (Å²) in [6.07, 6.45) is 5.36. The van der Waals surface area contributed by atoms with Crippen LogP contribution in [0.25, 0.3) is 0 Å². The van der Waals surface area contributed by atoms with Crippen molar-refractivity contribution in [3.05, 3.63) is 20.3 Å². The molecular formula is C11H17BrClNS. The zero-order valence-corrected chi connectivity index (χ0v) is 12.1. The van der Waals surface area contributed by atoms with Crippen molar-refractivity contribution in [2.75, 3.05) is 0 Å². The molecule has 4 heteroatoms. The largest absolute Gasteiger partial charge is 0.323 e. The first-order valence-corrected chi connectivity index (χ1v) is 6.81. The molecule has 0 aromatic carbocycles. The van der Waals surface area contributed by atoms with E-state index in [2.05, 4.69) is 28.9 Å². The molecule has 0 bridgehead atoms. The summed E-state index contributed by atoms with van der Waals surface area (Å²) >= 11 is 5.36. The predicted octanol–water partition coefficient (Wildman–Crippen LogP) is 4.43. The summed E-state index contributed by atoms with van der Waals surface area (Å²) in [5, 5.41) is 0. The van der Waals surface area contributed by atoms with Gasteiger partial charge in [-0.25, -0.2) is 0 Å². The molecule has 1 aromatic rings. The summed E-state index contributed by atoms with van der Waals surface area (Å²) in [6, 6.07) is 2.50. The Kier molecular flexibility index (Phi) is 5.10. The molecule has 0 radical (unpaired) electrons. The van der Waals surface area contributed by atoms with Crippen molar-refractivity contribution in [1.29, 1.82) is 0 Å². The van der Waals surface area contributed by atoms with Crippen molar-refractivity contribution < 1.29 is 0 Å². The quantitative estimate of drug-likeness (QED) is 0.859. The molecular weight excluding hydrogens is 294 g/mol. The van der Waals surface area contributed by atoms with Crippen LogP contribution in [0.4, 0.5) is 0 Å². The van der Waals surface area contributed by atoms with Crippen molar-refractivity contribution in [1.82, 2.24) is 0 Å². The van der Waals surface area contributed by atoms with Gasteiger partial charge in [0.15, 0.2) is 0 Å². The third-order valence-electron chi connectivity index (χ3n) is 3.11. The molecule has 0 saturated heterocycles. The van der Waals surface area contributed by atoms with Crippen LogP contribution in [0.3, 0.4) is 0 Å². The van der Waals surface area contributed by atoms with Crippen LogP contribution in [0.2, 0.25) is 0 Å². The van der Waals surface area contributed by atoms with Crippen molar-refractivity contribution >= 4 is 39.7 Å². The highest BCUT2D eigenvalue weighted by molar-refractivity contribution is 9.11. The van der Waals surface area contributed by atoms with Crippen LogP contribution in [-0.4, -0.2) is 0 Å². The standard InChI is InChI=1S/C11H16BrNS.ClH/c1-7-6-9(14-11(7)12)10(13)8-4-2-3-5-8;/h6,8,10H,2-5,13H2,1H3;1H/t10-;/m0./s1. The SMILES string of the molecule is Cc1cc([C@@H](N)C2CCCC2)sc1Br.Cl. The van der Waals surface area contributed by atoms with Gasteiger partial charge in [0.25, 0.3) is 0 Å². The number of thiophene rings is 1. The lowest BCUT2D eigenvalue weighted by molar-refractivity contribution is 0.450. The number of hydrogen-bond acceptors (Lipinski definition) is 2. The first kappa shape index (κ1) is 13.5. The minimum Gasteiger partial charge on any atom is -0.323 e. The van der Waals surface area contributed by atoms with Crippen LogP contribution in [0.5, 0.6) is 0 Å². The van der Waals surface area contributed by atoms with E-state index in [1.165, 1.54) is 39.9 Å². The van der Waals surface area contributed by atoms with Crippen molar-refractivity contribution in [2.45, 2.75) is 38.6 Å². The van der Waals surface area contributed by atoms with Gasteiger partial charge in [0.2, 0.25) is 0 Å². The van der Waals surface area contributed by atoms with E-state index < -0.39 is 0 Å².